The molecule has 0 saturated heterocycles. The lowest BCUT2D eigenvalue weighted by molar-refractivity contribution is 0.408. The summed E-state index contributed by atoms with van der Waals surface area (Å²) in [6, 6.07) is 17.6. The topological polar surface area (TPSA) is 87.2 Å². The lowest BCUT2D eigenvalue weighted by Crippen LogP contribution is -2.24. The maximum atomic E-state index is 13.1. The molecule has 5 rings (SSSR count). The number of benzene rings is 2. The van der Waals surface area contributed by atoms with E-state index in [4.69, 9.17) is 4.74 Å². The first-order valence-corrected chi connectivity index (χ1v) is 9.96. The lowest BCUT2D eigenvalue weighted by Gasteiger charge is -2.10. The Hall–Kier alpha value is -4.07. The highest BCUT2D eigenvalue weighted by Gasteiger charge is 2.18. The molecule has 0 fully saturated rings. The number of hydrogen-bond donors (Lipinski definition) is 0. The molecule has 154 valence electrons. The molecule has 0 bridgehead atoms. The van der Waals surface area contributed by atoms with Gasteiger partial charge in [-0.15, -0.1) is 10.2 Å². The number of fused-ring (bicyclic) bond motifs is 3. The highest BCUT2D eigenvalue weighted by Crippen LogP contribution is 2.27. The zero-order valence-electron chi connectivity index (χ0n) is 17.2. The van der Waals surface area contributed by atoms with Crippen molar-refractivity contribution in [1.82, 2.24) is 29.4 Å². The summed E-state index contributed by atoms with van der Waals surface area (Å²) in [5.74, 6) is 0.797. The number of aromatic nitrogens is 6. The first-order chi connectivity index (χ1) is 15.2. The molecule has 0 radical (unpaired) electrons. The Morgan fingerprint density at radius 1 is 0.968 bits per heavy atom. The third-order valence-electron chi connectivity index (χ3n) is 5.35. The molecule has 0 N–H and O–H groups in total. The molecular weight excluding hydrogens is 392 g/mol. The smallest absolute Gasteiger partial charge is 0.283 e. The van der Waals surface area contributed by atoms with Gasteiger partial charge in [-0.1, -0.05) is 48.5 Å². The molecule has 0 spiro atoms. The molecule has 0 unspecified atom stereocenters. The predicted molar refractivity (Wildman–Crippen MR) is 117 cm³/mol. The Bertz CT molecular complexity index is 1460. The van der Waals surface area contributed by atoms with E-state index >= 15 is 0 Å². The summed E-state index contributed by atoms with van der Waals surface area (Å²) in [6.45, 7) is 2.37. The number of hydrogen-bond acceptors (Lipinski definition) is 6. The Balaban J connectivity index is 1.57. The Kier molecular flexibility index (Phi) is 4.66. The quantitative estimate of drug-likeness (QED) is 0.441. The van der Waals surface area contributed by atoms with Crippen molar-refractivity contribution >= 4 is 16.8 Å². The van der Waals surface area contributed by atoms with Crippen LogP contribution in [0.3, 0.4) is 0 Å². The van der Waals surface area contributed by atoms with Crippen LogP contribution in [0.4, 0.5) is 0 Å². The fourth-order valence-electron chi connectivity index (χ4n) is 3.82. The van der Waals surface area contributed by atoms with E-state index < -0.39 is 0 Å². The van der Waals surface area contributed by atoms with E-state index in [1.807, 2.05) is 61.5 Å². The van der Waals surface area contributed by atoms with E-state index in [2.05, 4.69) is 20.3 Å². The molecule has 3 aromatic heterocycles. The van der Waals surface area contributed by atoms with Gasteiger partial charge in [0.15, 0.2) is 16.8 Å². The van der Waals surface area contributed by atoms with E-state index in [-0.39, 0.29) is 11.1 Å². The summed E-state index contributed by atoms with van der Waals surface area (Å²) in [5.41, 5.74) is 4.62. The van der Waals surface area contributed by atoms with Crippen molar-refractivity contribution < 1.29 is 4.74 Å². The molecule has 0 aliphatic rings. The minimum Gasteiger partial charge on any atom is -0.496 e. The largest absolute Gasteiger partial charge is 0.496 e. The molecule has 2 aromatic carbocycles. The van der Waals surface area contributed by atoms with Crippen LogP contribution in [0.15, 0.2) is 65.7 Å². The van der Waals surface area contributed by atoms with Gasteiger partial charge in [0.05, 0.1) is 18.4 Å². The molecule has 31 heavy (non-hydrogen) atoms. The average Bonchev–Trinajstić information content (AvgIpc) is 3.15. The third-order valence-corrected chi connectivity index (χ3v) is 5.35. The Morgan fingerprint density at radius 2 is 1.74 bits per heavy atom. The number of nitrogens with zero attached hydrogens (tertiary/aromatic N) is 6. The summed E-state index contributed by atoms with van der Waals surface area (Å²) in [4.78, 5) is 17.6. The first-order valence-electron chi connectivity index (χ1n) is 9.96. The van der Waals surface area contributed by atoms with Gasteiger partial charge in [0.25, 0.3) is 5.56 Å². The summed E-state index contributed by atoms with van der Waals surface area (Å²) < 4.78 is 8.54. The van der Waals surface area contributed by atoms with Crippen LogP contribution in [0.5, 0.6) is 5.75 Å². The highest BCUT2D eigenvalue weighted by atomic mass is 16.5. The van der Waals surface area contributed by atoms with Gasteiger partial charge in [-0.05, 0) is 30.5 Å². The van der Waals surface area contributed by atoms with Crippen LogP contribution in [-0.4, -0.2) is 36.5 Å². The Labute approximate surface area is 177 Å². The van der Waals surface area contributed by atoms with Crippen LogP contribution in [0.25, 0.3) is 27.9 Å². The van der Waals surface area contributed by atoms with Crippen LogP contribution in [0.2, 0.25) is 0 Å². The van der Waals surface area contributed by atoms with Crippen molar-refractivity contribution in [3.05, 3.63) is 82.5 Å². The van der Waals surface area contributed by atoms with Crippen molar-refractivity contribution in [3.8, 4) is 16.9 Å². The second-order valence-electron chi connectivity index (χ2n) is 7.24. The van der Waals surface area contributed by atoms with Gasteiger partial charge < -0.3 is 4.74 Å². The zero-order valence-corrected chi connectivity index (χ0v) is 17.2. The predicted octanol–water partition coefficient (Wildman–Crippen LogP) is 3.06. The van der Waals surface area contributed by atoms with Crippen molar-refractivity contribution in [1.29, 1.82) is 0 Å². The summed E-state index contributed by atoms with van der Waals surface area (Å²) in [6.07, 6.45) is 2.17. The van der Waals surface area contributed by atoms with E-state index in [1.54, 1.807) is 22.5 Å². The molecule has 0 saturated carbocycles. The molecule has 0 aliphatic carbocycles. The number of para-hydroxylation sites is 1. The van der Waals surface area contributed by atoms with Crippen LogP contribution >= 0.6 is 0 Å². The van der Waals surface area contributed by atoms with Crippen LogP contribution in [0.1, 0.15) is 11.3 Å². The minimum atomic E-state index is -0.247. The van der Waals surface area contributed by atoms with E-state index in [0.29, 0.717) is 24.3 Å². The lowest BCUT2D eigenvalue weighted by atomic mass is 10.1. The summed E-state index contributed by atoms with van der Waals surface area (Å²) >= 11 is 0. The van der Waals surface area contributed by atoms with Gasteiger partial charge in [-0.3, -0.25) is 9.36 Å². The van der Waals surface area contributed by atoms with E-state index in [9.17, 15) is 4.79 Å². The van der Waals surface area contributed by atoms with Crippen molar-refractivity contribution in [3.63, 3.8) is 0 Å². The summed E-state index contributed by atoms with van der Waals surface area (Å²) in [5, 5.41) is 13.1. The zero-order chi connectivity index (χ0) is 21.4. The standard InChI is InChI=1S/C23H20N6O2/c1-15-19(17-9-4-3-5-10-17)21-26-25-20-22(29(21)27-15)24-14-28(23(20)30)13-12-16-8-6-7-11-18(16)31-2/h3-11,14H,12-13H2,1-2H3. The van der Waals surface area contributed by atoms with Gasteiger partial charge in [-0.25, -0.2) is 4.98 Å². The van der Waals surface area contributed by atoms with Crippen LogP contribution in [0, 0.1) is 6.92 Å². The number of rotatable bonds is 5. The molecular formula is C23H20N6O2. The highest BCUT2D eigenvalue weighted by molar-refractivity contribution is 5.83. The molecule has 0 aliphatic heterocycles. The van der Waals surface area contributed by atoms with Crippen LogP contribution in [-0.2, 0) is 13.0 Å². The molecule has 8 heteroatoms. The van der Waals surface area contributed by atoms with Crippen molar-refractivity contribution in [2.45, 2.75) is 19.9 Å². The maximum absolute atomic E-state index is 13.1. The second kappa shape index (κ2) is 7.64. The molecule has 8 nitrogen and oxygen atoms in total. The molecule has 5 aromatic rings. The number of aryl methyl sites for hydroxylation is 3. The van der Waals surface area contributed by atoms with Crippen molar-refractivity contribution in [2.75, 3.05) is 7.11 Å². The van der Waals surface area contributed by atoms with Gasteiger partial charge in [0.1, 0.15) is 12.1 Å². The van der Waals surface area contributed by atoms with Gasteiger partial charge >= 0.3 is 0 Å². The fourth-order valence-corrected chi connectivity index (χ4v) is 3.82. The average molecular weight is 412 g/mol. The Morgan fingerprint density at radius 3 is 2.55 bits per heavy atom. The molecule has 3 heterocycles. The van der Waals surface area contributed by atoms with Gasteiger partial charge in [0, 0.05) is 6.54 Å². The minimum absolute atomic E-state index is 0.192. The van der Waals surface area contributed by atoms with E-state index in [0.717, 1.165) is 28.1 Å². The monoisotopic (exact) mass is 412 g/mol. The maximum Gasteiger partial charge on any atom is 0.283 e. The third kappa shape index (κ3) is 3.22. The van der Waals surface area contributed by atoms with E-state index in [1.165, 1.54) is 0 Å². The van der Waals surface area contributed by atoms with Crippen molar-refractivity contribution in [2.24, 2.45) is 0 Å². The number of methoxy groups -OCH3 is 1. The SMILES string of the molecule is COc1ccccc1CCn1cnc2c(nnc3c(-c4ccccc4)c(C)nn32)c1=O. The fraction of sp³-hybridized carbons (Fsp3) is 0.174. The van der Waals surface area contributed by atoms with Gasteiger partial charge in [0.2, 0.25) is 0 Å². The molecule has 0 atom stereocenters. The second-order valence-corrected chi connectivity index (χ2v) is 7.24. The summed E-state index contributed by atoms with van der Waals surface area (Å²) in [7, 11) is 1.64. The van der Waals surface area contributed by atoms with Gasteiger partial charge in [-0.2, -0.15) is 9.61 Å². The molecule has 0 amide bonds. The first kappa shape index (κ1) is 18.9. The normalized spacial score (nSPS) is 11.3. The van der Waals surface area contributed by atoms with Crippen LogP contribution < -0.4 is 10.3 Å². The number of ether oxygens (including phenoxy) is 1.